The number of rotatable bonds is 7. The number of ether oxygens (including phenoxy) is 1. The lowest BCUT2D eigenvalue weighted by atomic mass is 10.0. The lowest BCUT2D eigenvalue weighted by molar-refractivity contribution is -0.135. The highest BCUT2D eigenvalue weighted by Crippen LogP contribution is 2.23. The first-order valence-electron chi connectivity index (χ1n) is 8.78. The summed E-state index contributed by atoms with van der Waals surface area (Å²) in [6.45, 7) is 6.10. The fraction of sp³-hybridized carbons (Fsp3) is 0.286. The van der Waals surface area contributed by atoms with Crippen LogP contribution in [0, 0.1) is 0 Å². The summed E-state index contributed by atoms with van der Waals surface area (Å²) in [5.74, 6) is -0.634. The highest BCUT2D eigenvalue weighted by Gasteiger charge is 2.28. The van der Waals surface area contributed by atoms with E-state index in [9.17, 15) is 13.2 Å². The average molecular weight is 388 g/mol. The molecule has 0 unspecified atom stereocenters. The lowest BCUT2D eigenvalue weighted by Crippen LogP contribution is -2.17. The van der Waals surface area contributed by atoms with Crippen molar-refractivity contribution in [1.29, 1.82) is 0 Å². The minimum atomic E-state index is -4.01. The van der Waals surface area contributed by atoms with Crippen LogP contribution < -0.4 is 5.32 Å². The van der Waals surface area contributed by atoms with Crippen LogP contribution in [0.1, 0.15) is 37.8 Å². The third-order valence-corrected chi connectivity index (χ3v) is 6.02. The van der Waals surface area contributed by atoms with E-state index in [1.54, 1.807) is 12.1 Å². The first kappa shape index (κ1) is 20.7. The number of carbonyl (C=O) groups excluding carboxylic acids is 1. The topological polar surface area (TPSA) is 72.5 Å². The number of hydrogen-bond donors (Lipinski definition) is 1. The smallest absolute Gasteiger partial charge is 0.351 e. The molecule has 0 saturated carbocycles. The number of esters is 1. The Morgan fingerprint density at radius 1 is 1.07 bits per heavy atom. The van der Waals surface area contributed by atoms with E-state index in [0.717, 1.165) is 24.7 Å². The van der Waals surface area contributed by atoms with Gasteiger partial charge in [0.15, 0.2) is 4.91 Å². The molecule has 6 heteroatoms. The highest BCUT2D eigenvalue weighted by atomic mass is 32.2. The maximum absolute atomic E-state index is 12.9. The molecular weight excluding hydrogens is 362 g/mol. The summed E-state index contributed by atoms with van der Waals surface area (Å²) < 4.78 is 30.5. The van der Waals surface area contributed by atoms with E-state index < -0.39 is 20.7 Å². The van der Waals surface area contributed by atoms with E-state index in [1.807, 2.05) is 38.1 Å². The van der Waals surface area contributed by atoms with E-state index in [0.29, 0.717) is 5.69 Å². The van der Waals surface area contributed by atoms with Crippen molar-refractivity contribution in [2.75, 3.05) is 12.4 Å². The molecule has 0 amide bonds. The van der Waals surface area contributed by atoms with Gasteiger partial charge in [-0.15, -0.1) is 0 Å². The molecule has 1 N–H and O–H groups in total. The van der Waals surface area contributed by atoms with E-state index >= 15 is 0 Å². The van der Waals surface area contributed by atoms with Crippen LogP contribution >= 0.6 is 0 Å². The van der Waals surface area contributed by atoms with Gasteiger partial charge < -0.3 is 10.1 Å². The third-order valence-electron chi connectivity index (χ3n) is 4.27. The second-order valence-corrected chi connectivity index (χ2v) is 8.34. The zero-order valence-electron chi connectivity index (χ0n) is 16.0. The molecule has 2 rings (SSSR count). The Morgan fingerprint density at radius 2 is 1.67 bits per heavy atom. The normalized spacial score (nSPS) is 12.1. The summed E-state index contributed by atoms with van der Waals surface area (Å²) in [4.78, 5) is 11.7. The zero-order chi connectivity index (χ0) is 20.0. The van der Waals surface area contributed by atoms with Gasteiger partial charge in [-0.1, -0.05) is 45.0 Å². The molecule has 2 aromatic carbocycles. The Labute approximate surface area is 161 Å². The summed E-state index contributed by atoms with van der Waals surface area (Å²) >= 11 is 0. The van der Waals surface area contributed by atoms with Crippen LogP contribution in [0.25, 0.3) is 0 Å². The summed E-state index contributed by atoms with van der Waals surface area (Å²) in [5.41, 5.74) is 2.86. The number of carbonyl (C=O) groups is 1. The minimum Gasteiger partial charge on any atom is -0.465 e. The van der Waals surface area contributed by atoms with Gasteiger partial charge in [0.1, 0.15) is 0 Å². The van der Waals surface area contributed by atoms with Gasteiger partial charge in [-0.25, -0.2) is 13.2 Å². The Bertz CT molecular complexity index is 912. The number of aryl methyl sites for hydroxylation is 1. The van der Waals surface area contributed by atoms with Gasteiger partial charge in [-0.3, -0.25) is 0 Å². The molecule has 27 heavy (non-hydrogen) atoms. The van der Waals surface area contributed by atoms with Crippen molar-refractivity contribution in [3.05, 3.63) is 70.8 Å². The van der Waals surface area contributed by atoms with Gasteiger partial charge >= 0.3 is 5.97 Å². The van der Waals surface area contributed by atoms with E-state index in [-0.39, 0.29) is 10.8 Å². The molecule has 0 aliphatic carbocycles. The maximum atomic E-state index is 12.9. The maximum Gasteiger partial charge on any atom is 0.351 e. The molecule has 5 nitrogen and oxygen atoms in total. The zero-order valence-corrected chi connectivity index (χ0v) is 16.8. The van der Waals surface area contributed by atoms with Crippen molar-refractivity contribution >= 4 is 21.5 Å². The van der Waals surface area contributed by atoms with E-state index in [1.165, 1.54) is 18.3 Å². The summed E-state index contributed by atoms with van der Waals surface area (Å²) in [7, 11) is -2.86. The Morgan fingerprint density at radius 3 is 2.15 bits per heavy atom. The van der Waals surface area contributed by atoms with Crippen LogP contribution in [0.4, 0.5) is 5.69 Å². The summed E-state index contributed by atoms with van der Waals surface area (Å²) in [6, 6.07) is 14.1. The van der Waals surface area contributed by atoms with Crippen LogP contribution in [-0.2, 0) is 25.8 Å². The molecule has 0 spiro atoms. The second kappa shape index (κ2) is 8.86. The Hall–Kier alpha value is -2.60. The van der Waals surface area contributed by atoms with Crippen LogP contribution in [-0.4, -0.2) is 21.5 Å². The quantitative estimate of drug-likeness (QED) is 0.567. The first-order chi connectivity index (χ1) is 12.8. The van der Waals surface area contributed by atoms with Crippen molar-refractivity contribution in [3.8, 4) is 0 Å². The molecule has 0 aliphatic heterocycles. The fourth-order valence-corrected chi connectivity index (χ4v) is 3.76. The standard InChI is InChI=1S/C21H25NO4S/c1-5-16-6-10-18(11-7-16)22-14-20(21(23)26-4)27(24,25)19-12-8-17(9-13-19)15(2)3/h6-15,22H,5H2,1-4H3/b20-14+. The lowest BCUT2D eigenvalue weighted by Gasteiger charge is -2.11. The van der Waals surface area contributed by atoms with Crippen molar-refractivity contribution in [1.82, 2.24) is 0 Å². The van der Waals surface area contributed by atoms with Crippen molar-refractivity contribution in [2.24, 2.45) is 0 Å². The van der Waals surface area contributed by atoms with Gasteiger partial charge in [-0.05, 0) is 47.7 Å². The molecule has 0 saturated heterocycles. The Kier molecular flexibility index (Phi) is 6.80. The van der Waals surface area contributed by atoms with E-state index in [2.05, 4.69) is 17.0 Å². The molecule has 2 aromatic rings. The molecule has 0 aromatic heterocycles. The predicted molar refractivity (Wildman–Crippen MR) is 107 cm³/mol. The molecule has 0 bridgehead atoms. The number of benzene rings is 2. The van der Waals surface area contributed by atoms with Crippen LogP contribution in [0.2, 0.25) is 0 Å². The number of hydrogen-bond acceptors (Lipinski definition) is 5. The van der Waals surface area contributed by atoms with Gasteiger partial charge in [0.25, 0.3) is 0 Å². The first-order valence-corrected chi connectivity index (χ1v) is 10.3. The molecule has 144 valence electrons. The van der Waals surface area contributed by atoms with Crippen molar-refractivity contribution in [2.45, 2.75) is 38.0 Å². The molecule has 0 radical (unpaired) electrons. The molecule has 0 fully saturated rings. The van der Waals surface area contributed by atoms with Crippen molar-refractivity contribution in [3.63, 3.8) is 0 Å². The van der Waals surface area contributed by atoms with E-state index in [4.69, 9.17) is 0 Å². The van der Waals surface area contributed by atoms with Gasteiger partial charge in [0.2, 0.25) is 9.84 Å². The molecular formula is C21H25NO4S. The number of methoxy groups -OCH3 is 1. The molecule has 0 aliphatic rings. The third kappa shape index (κ3) is 4.98. The largest absolute Gasteiger partial charge is 0.465 e. The number of anilines is 1. The number of nitrogens with one attached hydrogen (secondary N) is 1. The predicted octanol–water partition coefficient (Wildman–Crippen LogP) is 4.27. The second-order valence-electron chi connectivity index (χ2n) is 6.42. The van der Waals surface area contributed by atoms with Crippen molar-refractivity contribution < 1.29 is 17.9 Å². The molecule has 0 heterocycles. The summed E-state index contributed by atoms with van der Waals surface area (Å²) in [6.07, 6.45) is 2.09. The number of sulfone groups is 1. The summed E-state index contributed by atoms with van der Waals surface area (Å²) in [5, 5.41) is 2.87. The monoisotopic (exact) mass is 387 g/mol. The van der Waals surface area contributed by atoms with Gasteiger partial charge in [0, 0.05) is 11.9 Å². The van der Waals surface area contributed by atoms with Crippen LogP contribution in [0.15, 0.2) is 64.5 Å². The SMILES string of the molecule is CCc1ccc(N/C=C(\C(=O)OC)S(=O)(=O)c2ccc(C(C)C)cc2)cc1. The average Bonchev–Trinajstić information content (AvgIpc) is 2.68. The van der Waals surface area contributed by atoms with Crippen LogP contribution in [0.3, 0.4) is 0 Å². The van der Waals surface area contributed by atoms with Crippen LogP contribution in [0.5, 0.6) is 0 Å². The Balaban J connectivity index is 2.36. The molecule has 0 atom stereocenters. The fourth-order valence-electron chi connectivity index (χ4n) is 2.49. The van der Waals surface area contributed by atoms with Gasteiger partial charge in [-0.2, -0.15) is 0 Å². The van der Waals surface area contributed by atoms with Gasteiger partial charge in [0.05, 0.1) is 12.0 Å². The minimum absolute atomic E-state index is 0.0479. The highest BCUT2D eigenvalue weighted by molar-refractivity contribution is 7.96.